The van der Waals surface area contributed by atoms with Crippen molar-refractivity contribution in [2.24, 2.45) is 5.41 Å². The first-order valence-electron chi connectivity index (χ1n) is 8.68. The lowest BCUT2D eigenvalue weighted by molar-refractivity contribution is -0.123. The van der Waals surface area contributed by atoms with E-state index in [4.69, 9.17) is 0 Å². The third kappa shape index (κ3) is 2.79. The SMILES string of the molecule is CC(C)(C)C(=O)Nc1ccc2c(c1)/C(=C1/Nc3ccccc3C1=O)C(=O)N2. The van der Waals surface area contributed by atoms with Crippen LogP contribution in [0.25, 0.3) is 5.57 Å². The molecule has 0 radical (unpaired) electrons. The number of rotatable bonds is 1. The van der Waals surface area contributed by atoms with Crippen LogP contribution in [-0.2, 0) is 9.59 Å². The van der Waals surface area contributed by atoms with Crippen molar-refractivity contribution in [2.75, 3.05) is 16.0 Å². The maximum absolute atomic E-state index is 12.8. The molecule has 0 atom stereocenters. The third-order valence-electron chi connectivity index (χ3n) is 4.61. The zero-order valence-corrected chi connectivity index (χ0v) is 15.3. The van der Waals surface area contributed by atoms with Crippen LogP contribution in [0, 0.1) is 5.41 Å². The Morgan fingerprint density at radius 3 is 2.33 bits per heavy atom. The molecule has 2 aromatic carbocycles. The van der Waals surface area contributed by atoms with Crippen LogP contribution in [0.2, 0.25) is 0 Å². The van der Waals surface area contributed by atoms with E-state index in [1.54, 1.807) is 36.4 Å². The van der Waals surface area contributed by atoms with Gasteiger partial charge in [-0.3, -0.25) is 14.4 Å². The number of allylic oxidation sites excluding steroid dienone is 1. The number of anilines is 3. The van der Waals surface area contributed by atoms with E-state index in [1.165, 1.54) is 0 Å². The molecule has 6 nitrogen and oxygen atoms in total. The summed E-state index contributed by atoms with van der Waals surface area (Å²) in [5.74, 6) is -0.683. The van der Waals surface area contributed by atoms with Gasteiger partial charge in [0.05, 0.1) is 5.57 Å². The first-order chi connectivity index (χ1) is 12.8. The predicted octanol–water partition coefficient (Wildman–Crippen LogP) is 3.64. The Hall–Kier alpha value is -3.41. The number of Topliss-reactive ketones (excluding diaryl/α,β-unsaturated/α-hetero) is 1. The number of fused-ring (bicyclic) bond motifs is 2. The summed E-state index contributed by atoms with van der Waals surface area (Å²) < 4.78 is 0. The molecule has 2 aliphatic rings. The van der Waals surface area contributed by atoms with Gasteiger partial charge in [-0.15, -0.1) is 0 Å². The predicted molar refractivity (Wildman–Crippen MR) is 104 cm³/mol. The Morgan fingerprint density at radius 2 is 1.63 bits per heavy atom. The Bertz CT molecular complexity index is 1040. The lowest BCUT2D eigenvalue weighted by Crippen LogP contribution is -2.27. The van der Waals surface area contributed by atoms with Crippen LogP contribution < -0.4 is 16.0 Å². The van der Waals surface area contributed by atoms with Crippen LogP contribution in [0.4, 0.5) is 17.1 Å². The second-order valence-corrected chi connectivity index (χ2v) is 7.67. The molecule has 2 aromatic rings. The van der Waals surface area contributed by atoms with Crippen LogP contribution in [0.3, 0.4) is 0 Å². The second-order valence-electron chi connectivity index (χ2n) is 7.67. The number of carbonyl (C=O) groups is 3. The highest BCUT2D eigenvalue weighted by atomic mass is 16.2. The van der Waals surface area contributed by atoms with Gasteiger partial charge in [-0.1, -0.05) is 32.9 Å². The highest BCUT2D eigenvalue weighted by molar-refractivity contribution is 6.39. The van der Waals surface area contributed by atoms with Gasteiger partial charge in [0.25, 0.3) is 5.91 Å². The van der Waals surface area contributed by atoms with Crippen molar-refractivity contribution in [3.05, 3.63) is 59.3 Å². The van der Waals surface area contributed by atoms with E-state index in [-0.39, 0.29) is 28.9 Å². The standard InChI is InChI=1S/C21H19N3O3/c1-21(2,3)20(27)22-11-8-9-15-13(10-11)16(19(26)24-15)17-18(25)12-6-4-5-7-14(12)23-17/h4-10,23H,1-3H3,(H,22,27)(H,24,26)/b17-16-. The number of para-hydroxylation sites is 1. The summed E-state index contributed by atoms with van der Waals surface area (Å²) in [7, 11) is 0. The molecule has 3 N–H and O–H groups in total. The number of carbonyl (C=O) groups excluding carboxylic acids is 3. The van der Waals surface area contributed by atoms with E-state index < -0.39 is 5.41 Å². The van der Waals surface area contributed by atoms with Crippen molar-refractivity contribution < 1.29 is 14.4 Å². The van der Waals surface area contributed by atoms with Crippen LogP contribution in [0.5, 0.6) is 0 Å². The molecule has 136 valence electrons. The average molecular weight is 361 g/mol. The topological polar surface area (TPSA) is 87.3 Å². The van der Waals surface area contributed by atoms with Crippen molar-refractivity contribution in [2.45, 2.75) is 20.8 Å². The molecule has 0 saturated heterocycles. The number of hydrogen-bond donors (Lipinski definition) is 3. The third-order valence-corrected chi connectivity index (χ3v) is 4.61. The lowest BCUT2D eigenvalue weighted by atomic mass is 9.95. The summed E-state index contributed by atoms with van der Waals surface area (Å²) in [5, 5.41) is 8.70. The molecule has 0 fully saturated rings. The molecular formula is C21H19N3O3. The normalized spacial score (nSPS) is 17.9. The maximum atomic E-state index is 12.8. The number of amides is 2. The number of nitrogens with one attached hydrogen (secondary N) is 3. The lowest BCUT2D eigenvalue weighted by Gasteiger charge is -2.18. The fourth-order valence-electron chi connectivity index (χ4n) is 3.10. The van der Waals surface area contributed by atoms with E-state index in [2.05, 4.69) is 16.0 Å². The largest absolute Gasteiger partial charge is 0.351 e. The quantitative estimate of drug-likeness (QED) is 0.677. The molecule has 2 heterocycles. The van der Waals surface area contributed by atoms with E-state index in [9.17, 15) is 14.4 Å². The minimum atomic E-state index is -0.543. The fraction of sp³-hybridized carbons (Fsp3) is 0.190. The minimum absolute atomic E-state index is 0.128. The molecule has 4 rings (SSSR count). The fourth-order valence-corrected chi connectivity index (χ4v) is 3.10. The smallest absolute Gasteiger partial charge is 0.258 e. The van der Waals surface area contributed by atoms with Crippen LogP contribution in [-0.4, -0.2) is 17.6 Å². The summed E-state index contributed by atoms with van der Waals surface area (Å²) in [6.45, 7) is 5.48. The van der Waals surface area contributed by atoms with Gasteiger partial charge in [0.1, 0.15) is 5.70 Å². The number of ketones is 1. The van der Waals surface area contributed by atoms with Crippen LogP contribution in [0.1, 0.15) is 36.7 Å². The molecule has 27 heavy (non-hydrogen) atoms. The Morgan fingerprint density at radius 1 is 0.926 bits per heavy atom. The number of benzene rings is 2. The molecule has 0 aliphatic carbocycles. The highest BCUT2D eigenvalue weighted by Gasteiger charge is 2.35. The zero-order valence-electron chi connectivity index (χ0n) is 15.3. The summed E-state index contributed by atoms with van der Waals surface area (Å²) in [6.07, 6.45) is 0. The molecule has 6 heteroatoms. The van der Waals surface area contributed by atoms with Gasteiger partial charge in [-0.25, -0.2) is 0 Å². The summed E-state index contributed by atoms with van der Waals surface area (Å²) in [6, 6.07) is 12.3. The van der Waals surface area contributed by atoms with Crippen LogP contribution in [0.15, 0.2) is 48.2 Å². The van der Waals surface area contributed by atoms with Gasteiger partial charge in [-0.05, 0) is 30.3 Å². The monoisotopic (exact) mass is 361 g/mol. The Balaban J connectivity index is 1.77. The maximum Gasteiger partial charge on any atom is 0.258 e. The van der Waals surface area contributed by atoms with Gasteiger partial charge < -0.3 is 16.0 Å². The molecule has 0 bridgehead atoms. The van der Waals surface area contributed by atoms with Crippen molar-refractivity contribution in [1.29, 1.82) is 0 Å². The molecule has 0 unspecified atom stereocenters. The summed E-state index contributed by atoms with van der Waals surface area (Å²) in [4.78, 5) is 37.6. The molecule has 2 amide bonds. The van der Waals surface area contributed by atoms with Crippen molar-refractivity contribution in [3.8, 4) is 0 Å². The van der Waals surface area contributed by atoms with Crippen LogP contribution >= 0.6 is 0 Å². The molecule has 0 spiro atoms. The molecule has 0 aromatic heterocycles. The Labute approximate surface area is 156 Å². The second kappa shape index (κ2) is 5.81. The number of hydrogen-bond acceptors (Lipinski definition) is 4. The van der Waals surface area contributed by atoms with Crippen molar-refractivity contribution >= 4 is 40.2 Å². The summed E-state index contributed by atoms with van der Waals surface area (Å²) >= 11 is 0. The molecule has 2 aliphatic heterocycles. The van der Waals surface area contributed by atoms with E-state index in [0.717, 1.165) is 0 Å². The van der Waals surface area contributed by atoms with Gasteiger partial charge in [-0.2, -0.15) is 0 Å². The van der Waals surface area contributed by atoms with Crippen molar-refractivity contribution in [3.63, 3.8) is 0 Å². The highest BCUT2D eigenvalue weighted by Crippen LogP contribution is 2.39. The Kier molecular flexibility index (Phi) is 3.66. The van der Waals surface area contributed by atoms with Gasteiger partial charge in [0, 0.05) is 33.6 Å². The molecular weight excluding hydrogens is 342 g/mol. The first kappa shape index (κ1) is 17.0. The summed E-state index contributed by atoms with van der Waals surface area (Å²) in [5.41, 5.74) is 3.01. The van der Waals surface area contributed by atoms with E-state index >= 15 is 0 Å². The first-order valence-corrected chi connectivity index (χ1v) is 8.68. The van der Waals surface area contributed by atoms with E-state index in [1.807, 2.05) is 26.8 Å². The average Bonchev–Trinajstić information content (AvgIpc) is 3.10. The van der Waals surface area contributed by atoms with Crippen molar-refractivity contribution in [1.82, 2.24) is 0 Å². The van der Waals surface area contributed by atoms with Gasteiger partial charge in [0.2, 0.25) is 11.7 Å². The van der Waals surface area contributed by atoms with Gasteiger partial charge >= 0.3 is 0 Å². The minimum Gasteiger partial charge on any atom is -0.351 e. The molecule has 0 saturated carbocycles. The zero-order chi connectivity index (χ0) is 19.3. The van der Waals surface area contributed by atoms with E-state index in [0.29, 0.717) is 28.2 Å². The van der Waals surface area contributed by atoms with Gasteiger partial charge in [0.15, 0.2) is 0 Å².